The number of carbonyl (C=O) groups excluding carboxylic acids is 1. The highest BCUT2D eigenvalue weighted by molar-refractivity contribution is 5.97. The average molecular weight is 387 g/mol. The first-order valence-electron chi connectivity index (χ1n) is 9.01. The zero-order chi connectivity index (χ0) is 18.1. The van der Waals surface area contributed by atoms with Gasteiger partial charge in [-0.3, -0.25) is 4.79 Å². The van der Waals surface area contributed by atoms with E-state index in [1.165, 1.54) is 45.6 Å². The molecule has 0 unspecified atom stereocenters. The van der Waals surface area contributed by atoms with E-state index in [0.29, 0.717) is 35.4 Å². The second-order valence-electron chi connectivity index (χ2n) is 6.31. The van der Waals surface area contributed by atoms with Gasteiger partial charge in [0.15, 0.2) is 11.5 Å². The Labute approximate surface area is 162 Å². The van der Waals surface area contributed by atoms with E-state index in [4.69, 9.17) is 14.2 Å². The standard InChI is InChI=1S/C19H30N2O4.ClH/c1-23-16-13-18(25-3)17(24-2)12-15(16)19(22)21-11-10-20-14-8-6-4-5-7-9-14;/h12-14,20H,4-11H2,1-3H3,(H,21,22);1H. The molecule has 1 saturated carbocycles. The zero-order valence-electron chi connectivity index (χ0n) is 15.9. The summed E-state index contributed by atoms with van der Waals surface area (Å²) in [7, 11) is 4.63. The number of methoxy groups -OCH3 is 3. The summed E-state index contributed by atoms with van der Waals surface area (Å²) in [5.41, 5.74) is 0.439. The molecule has 0 spiro atoms. The van der Waals surface area contributed by atoms with Crippen LogP contribution in [0.25, 0.3) is 0 Å². The molecule has 0 aliphatic heterocycles. The van der Waals surface area contributed by atoms with Crippen LogP contribution in [0, 0.1) is 0 Å². The van der Waals surface area contributed by atoms with Crippen molar-refractivity contribution in [1.29, 1.82) is 0 Å². The lowest BCUT2D eigenvalue weighted by Gasteiger charge is -2.17. The molecular weight excluding hydrogens is 356 g/mol. The smallest absolute Gasteiger partial charge is 0.255 e. The van der Waals surface area contributed by atoms with E-state index in [2.05, 4.69) is 10.6 Å². The second kappa shape index (κ2) is 11.9. The van der Waals surface area contributed by atoms with Gasteiger partial charge < -0.3 is 24.8 Å². The molecule has 0 aromatic heterocycles. The predicted molar refractivity (Wildman–Crippen MR) is 105 cm³/mol. The van der Waals surface area contributed by atoms with Gasteiger partial charge in [0, 0.05) is 31.3 Å². The monoisotopic (exact) mass is 386 g/mol. The van der Waals surface area contributed by atoms with Crippen LogP contribution in [0.3, 0.4) is 0 Å². The van der Waals surface area contributed by atoms with Crippen molar-refractivity contribution < 1.29 is 19.0 Å². The van der Waals surface area contributed by atoms with E-state index in [9.17, 15) is 4.79 Å². The minimum absolute atomic E-state index is 0. The fraction of sp³-hybridized carbons (Fsp3) is 0.632. The first kappa shape index (κ1) is 22.4. The molecule has 0 heterocycles. The number of ether oxygens (including phenoxy) is 3. The predicted octanol–water partition coefficient (Wildman–Crippen LogP) is 3.18. The number of hydrogen-bond donors (Lipinski definition) is 2. The lowest BCUT2D eigenvalue weighted by atomic mass is 10.1. The van der Waals surface area contributed by atoms with Crippen molar-refractivity contribution in [2.45, 2.75) is 44.6 Å². The third-order valence-corrected chi connectivity index (χ3v) is 4.65. The van der Waals surface area contributed by atoms with Gasteiger partial charge in [-0.1, -0.05) is 25.7 Å². The van der Waals surface area contributed by atoms with Gasteiger partial charge in [-0.25, -0.2) is 0 Å². The summed E-state index contributed by atoms with van der Waals surface area (Å²) in [6.45, 7) is 1.35. The third kappa shape index (κ3) is 6.25. The molecule has 2 N–H and O–H groups in total. The van der Waals surface area contributed by atoms with Crippen LogP contribution in [0.15, 0.2) is 12.1 Å². The highest BCUT2D eigenvalue weighted by Gasteiger charge is 2.17. The third-order valence-electron chi connectivity index (χ3n) is 4.65. The molecule has 1 amide bonds. The lowest BCUT2D eigenvalue weighted by Crippen LogP contribution is -2.37. The molecule has 2 rings (SSSR count). The van der Waals surface area contributed by atoms with Crippen LogP contribution < -0.4 is 24.8 Å². The van der Waals surface area contributed by atoms with Crippen molar-refractivity contribution in [2.24, 2.45) is 0 Å². The van der Waals surface area contributed by atoms with Crippen molar-refractivity contribution >= 4 is 18.3 Å². The van der Waals surface area contributed by atoms with Crippen molar-refractivity contribution in [3.63, 3.8) is 0 Å². The molecule has 0 radical (unpaired) electrons. The maximum absolute atomic E-state index is 12.5. The second-order valence-corrected chi connectivity index (χ2v) is 6.31. The first-order chi connectivity index (χ1) is 12.2. The molecule has 1 aliphatic rings. The molecule has 1 fully saturated rings. The topological polar surface area (TPSA) is 68.8 Å². The van der Waals surface area contributed by atoms with Gasteiger partial charge >= 0.3 is 0 Å². The lowest BCUT2D eigenvalue weighted by molar-refractivity contribution is 0.0950. The highest BCUT2D eigenvalue weighted by Crippen LogP contribution is 2.34. The van der Waals surface area contributed by atoms with Gasteiger partial charge in [-0.2, -0.15) is 0 Å². The largest absolute Gasteiger partial charge is 0.496 e. The Morgan fingerprint density at radius 3 is 2.08 bits per heavy atom. The van der Waals surface area contributed by atoms with Gasteiger partial charge in [0.2, 0.25) is 0 Å². The summed E-state index contributed by atoms with van der Waals surface area (Å²) in [4.78, 5) is 12.5. The molecule has 0 atom stereocenters. The van der Waals surface area contributed by atoms with Crippen LogP contribution in [0.2, 0.25) is 0 Å². The summed E-state index contributed by atoms with van der Waals surface area (Å²) in [6.07, 6.45) is 7.75. The molecule has 1 aromatic carbocycles. The van der Waals surface area contributed by atoms with Gasteiger partial charge in [0.25, 0.3) is 5.91 Å². The quantitative estimate of drug-likeness (QED) is 0.530. The maximum Gasteiger partial charge on any atom is 0.255 e. The van der Waals surface area contributed by atoms with Crippen LogP contribution in [-0.2, 0) is 0 Å². The highest BCUT2D eigenvalue weighted by atomic mass is 35.5. The zero-order valence-corrected chi connectivity index (χ0v) is 16.7. The number of rotatable bonds is 8. The summed E-state index contributed by atoms with van der Waals surface area (Å²) >= 11 is 0. The summed E-state index contributed by atoms with van der Waals surface area (Å²) in [5, 5.41) is 6.49. The Bertz CT molecular complexity index is 561. The van der Waals surface area contributed by atoms with Gasteiger partial charge in [-0.05, 0) is 12.8 Å². The van der Waals surface area contributed by atoms with Crippen LogP contribution in [-0.4, -0.2) is 46.4 Å². The minimum Gasteiger partial charge on any atom is -0.496 e. The van der Waals surface area contributed by atoms with E-state index in [1.807, 2.05) is 0 Å². The molecule has 1 aromatic rings. The molecule has 0 bridgehead atoms. The van der Waals surface area contributed by atoms with Gasteiger partial charge in [-0.15, -0.1) is 12.4 Å². The van der Waals surface area contributed by atoms with Crippen LogP contribution >= 0.6 is 12.4 Å². The minimum atomic E-state index is -0.180. The average Bonchev–Trinajstić information content (AvgIpc) is 2.92. The van der Waals surface area contributed by atoms with Crippen LogP contribution in [0.1, 0.15) is 48.9 Å². The van der Waals surface area contributed by atoms with E-state index >= 15 is 0 Å². The van der Waals surface area contributed by atoms with E-state index in [0.717, 1.165) is 6.54 Å². The molecule has 7 heteroatoms. The number of benzene rings is 1. The van der Waals surface area contributed by atoms with E-state index in [-0.39, 0.29) is 18.3 Å². The summed E-state index contributed by atoms with van der Waals surface area (Å²) < 4.78 is 15.8. The van der Waals surface area contributed by atoms with Crippen LogP contribution in [0.5, 0.6) is 17.2 Å². The van der Waals surface area contributed by atoms with Crippen molar-refractivity contribution in [2.75, 3.05) is 34.4 Å². The van der Waals surface area contributed by atoms with Crippen molar-refractivity contribution in [3.8, 4) is 17.2 Å². The Morgan fingerprint density at radius 1 is 0.923 bits per heavy atom. The Kier molecular flexibility index (Phi) is 10.2. The van der Waals surface area contributed by atoms with Crippen molar-refractivity contribution in [1.82, 2.24) is 10.6 Å². The number of nitrogens with one attached hydrogen (secondary N) is 2. The molecule has 0 saturated heterocycles. The number of halogens is 1. The normalized spacial score (nSPS) is 14.7. The Balaban J connectivity index is 0.00000338. The first-order valence-corrected chi connectivity index (χ1v) is 9.01. The maximum atomic E-state index is 12.5. The van der Waals surface area contributed by atoms with Crippen molar-refractivity contribution in [3.05, 3.63) is 17.7 Å². The van der Waals surface area contributed by atoms with E-state index in [1.54, 1.807) is 26.4 Å². The molecular formula is C19H31ClN2O4. The number of hydrogen-bond acceptors (Lipinski definition) is 5. The fourth-order valence-electron chi connectivity index (χ4n) is 3.24. The molecule has 1 aliphatic carbocycles. The van der Waals surface area contributed by atoms with Gasteiger partial charge in [0.05, 0.1) is 26.9 Å². The number of carbonyl (C=O) groups is 1. The van der Waals surface area contributed by atoms with Crippen LogP contribution in [0.4, 0.5) is 0 Å². The SMILES string of the molecule is COc1cc(OC)c(C(=O)NCCNC2CCCCCC2)cc1OC.Cl. The molecule has 6 nitrogen and oxygen atoms in total. The number of amides is 1. The molecule has 148 valence electrons. The Morgan fingerprint density at radius 2 is 1.50 bits per heavy atom. The summed E-state index contributed by atoms with van der Waals surface area (Å²) in [6, 6.07) is 3.89. The fourth-order valence-corrected chi connectivity index (χ4v) is 3.24. The van der Waals surface area contributed by atoms with Gasteiger partial charge in [0.1, 0.15) is 5.75 Å². The van der Waals surface area contributed by atoms with E-state index < -0.39 is 0 Å². The molecule has 26 heavy (non-hydrogen) atoms. The Hall–Kier alpha value is -1.66. The summed E-state index contributed by atoms with van der Waals surface area (Å²) in [5.74, 6) is 1.32.